The zero-order valence-corrected chi connectivity index (χ0v) is 21.7. The zero-order valence-electron chi connectivity index (χ0n) is 21.7. The van der Waals surface area contributed by atoms with Crippen molar-refractivity contribution in [2.45, 2.75) is 5.92 Å². The molecule has 0 N–H and O–H groups in total. The van der Waals surface area contributed by atoms with Crippen LogP contribution in [0.3, 0.4) is 0 Å². The van der Waals surface area contributed by atoms with Crippen LogP contribution < -0.4 is 0 Å². The van der Waals surface area contributed by atoms with Crippen LogP contribution in [0.4, 0.5) is 0 Å². The molecule has 4 bridgehead atoms. The standard InChI is InChI=1S/C36H28O3/c1-39-35(38)27-19-17-25(18-20-27)32-28-21-22-29-33(36(29,32)34(37)26-15-9-4-10-16-26)31(28)30(23-11-5-2-6-12-23)24-13-7-3-8-14-24/h2-22,28-29,32-33H,1H3/t28-,29+,32-,33?,36-/m1/s1. The fourth-order valence-corrected chi connectivity index (χ4v) is 7.43. The predicted octanol–water partition coefficient (Wildman–Crippen LogP) is 7.37. The van der Waals surface area contributed by atoms with E-state index in [1.165, 1.54) is 29.4 Å². The second-order valence-electron chi connectivity index (χ2n) is 10.7. The zero-order chi connectivity index (χ0) is 26.6. The summed E-state index contributed by atoms with van der Waals surface area (Å²) in [7, 11) is 1.39. The molecule has 5 atom stereocenters. The summed E-state index contributed by atoms with van der Waals surface area (Å²) in [6.45, 7) is 0. The van der Waals surface area contributed by atoms with Crippen LogP contribution >= 0.6 is 0 Å². The molecular weight excluding hydrogens is 480 g/mol. The summed E-state index contributed by atoms with van der Waals surface area (Å²) < 4.78 is 4.93. The Labute approximate surface area is 228 Å². The maximum Gasteiger partial charge on any atom is 0.337 e. The van der Waals surface area contributed by atoms with Gasteiger partial charge in [-0.05, 0) is 45.9 Å². The second-order valence-corrected chi connectivity index (χ2v) is 10.7. The van der Waals surface area contributed by atoms with Gasteiger partial charge < -0.3 is 4.74 Å². The Morgan fingerprint density at radius 2 is 1.15 bits per heavy atom. The lowest BCUT2D eigenvalue weighted by Crippen LogP contribution is -2.30. The summed E-state index contributed by atoms with van der Waals surface area (Å²) in [5.74, 6) is 0.176. The van der Waals surface area contributed by atoms with Crippen molar-refractivity contribution in [3.05, 3.63) is 161 Å². The molecule has 0 radical (unpaired) electrons. The number of methoxy groups -OCH3 is 1. The molecule has 0 amide bonds. The van der Waals surface area contributed by atoms with Crippen LogP contribution in [-0.4, -0.2) is 18.9 Å². The number of carbonyl (C=O) groups excluding carboxylic acids is 2. The minimum absolute atomic E-state index is 0.0191. The van der Waals surface area contributed by atoms with Gasteiger partial charge in [-0.2, -0.15) is 0 Å². The molecule has 0 spiro atoms. The first-order valence-corrected chi connectivity index (χ1v) is 13.5. The molecule has 4 aliphatic carbocycles. The van der Waals surface area contributed by atoms with Gasteiger partial charge in [-0.15, -0.1) is 0 Å². The molecule has 2 fully saturated rings. The van der Waals surface area contributed by atoms with Crippen LogP contribution in [0.1, 0.15) is 43.3 Å². The number of rotatable bonds is 6. The average Bonchev–Trinajstić information content (AvgIpc) is 3.63. The molecule has 8 rings (SSSR count). The Bertz CT molecular complexity index is 1580. The van der Waals surface area contributed by atoms with Crippen molar-refractivity contribution < 1.29 is 14.3 Å². The summed E-state index contributed by atoms with van der Waals surface area (Å²) in [4.78, 5) is 26.7. The molecule has 4 aromatic carbocycles. The van der Waals surface area contributed by atoms with Crippen LogP contribution in [0.5, 0.6) is 0 Å². The molecule has 2 saturated carbocycles. The van der Waals surface area contributed by atoms with Crippen molar-refractivity contribution in [1.82, 2.24) is 0 Å². The number of ketones is 1. The molecule has 39 heavy (non-hydrogen) atoms. The Kier molecular flexibility index (Phi) is 5.48. The molecule has 4 aliphatic rings. The Morgan fingerprint density at radius 1 is 0.615 bits per heavy atom. The van der Waals surface area contributed by atoms with Crippen molar-refractivity contribution in [3.63, 3.8) is 0 Å². The van der Waals surface area contributed by atoms with E-state index in [0.717, 1.165) is 11.1 Å². The number of benzene rings is 4. The lowest BCUT2D eigenvalue weighted by atomic mass is 9.68. The first-order chi connectivity index (χ1) is 19.2. The second kappa shape index (κ2) is 9.06. The third-order valence-electron chi connectivity index (χ3n) is 8.94. The van der Waals surface area contributed by atoms with E-state index >= 15 is 0 Å². The van der Waals surface area contributed by atoms with Crippen molar-refractivity contribution >= 4 is 17.3 Å². The van der Waals surface area contributed by atoms with Gasteiger partial charge in [-0.3, -0.25) is 4.79 Å². The smallest absolute Gasteiger partial charge is 0.337 e. The van der Waals surface area contributed by atoms with E-state index in [1.54, 1.807) is 0 Å². The van der Waals surface area contributed by atoms with Crippen molar-refractivity contribution in [1.29, 1.82) is 0 Å². The van der Waals surface area contributed by atoms with Crippen molar-refractivity contribution in [2.24, 2.45) is 23.2 Å². The van der Waals surface area contributed by atoms with Crippen molar-refractivity contribution in [2.75, 3.05) is 7.11 Å². The van der Waals surface area contributed by atoms with E-state index in [4.69, 9.17) is 4.74 Å². The van der Waals surface area contributed by atoms with Gasteiger partial charge in [0.25, 0.3) is 0 Å². The number of hydrogen-bond acceptors (Lipinski definition) is 3. The summed E-state index contributed by atoms with van der Waals surface area (Å²) in [6, 6.07) is 38.5. The topological polar surface area (TPSA) is 43.4 Å². The number of allylic oxidation sites excluding steroid dienone is 3. The Balaban J connectivity index is 1.46. The maximum atomic E-state index is 14.5. The lowest BCUT2D eigenvalue weighted by Gasteiger charge is -2.34. The fraction of sp³-hybridized carbons (Fsp3) is 0.167. The van der Waals surface area contributed by atoms with Gasteiger partial charge in [-0.25, -0.2) is 4.79 Å². The molecule has 190 valence electrons. The summed E-state index contributed by atoms with van der Waals surface area (Å²) in [5, 5.41) is 0. The number of ether oxygens (including phenoxy) is 1. The van der Waals surface area contributed by atoms with Crippen LogP contribution in [-0.2, 0) is 4.74 Å². The molecule has 1 unspecified atom stereocenters. The maximum absolute atomic E-state index is 14.5. The van der Waals surface area contributed by atoms with Gasteiger partial charge in [0.1, 0.15) is 0 Å². The molecule has 4 aromatic rings. The van der Waals surface area contributed by atoms with Crippen LogP contribution in [0.2, 0.25) is 0 Å². The first kappa shape index (κ1) is 23.6. The largest absolute Gasteiger partial charge is 0.465 e. The summed E-state index contributed by atoms with van der Waals surface area (Å²) in [5.41, 5.74) is 6.75. The molecule has 0 saturated heterocycles. The number of Topliss-reactive ketones (excluding diaryl/α,β-unsaturated/α-hetero) is 1. The van der Waals surface area contributed by atoms with Crippen LogP contribution in [0, 0.1) is 23.2 Å². The fourth-order valence-electron chi connectivity index (χ4n) is 7.43. The Hall–Kier alpha value is -4.50. The van der Waals surface area contributed by atoms with Gasteiger partial charge in [0.05, 0.1) is 18.1 Å². The highest BCUT2D eigenvalue weighted by molar-refractivity contribution is 6.07. The highest BCUT2D eigenvalue weighted by Crippen LogP contribution is 2.82. The van der Waals surface area contributed by atoms with E-state index in [-0.39, 0.29) is 35.4 Å². The minimum atomic E-state index is -0.544. The summed E-state index contributed by atoms with van der Waals surface area (Å²) in [6.07, 6.45) is 4.61. The average molecular weight is 509 g/mol. The van der Waals surface area contributed by atoms with E-state index in [1.807, 2.05) is 66.7 Å². The number of esters is 1. The molecule has 0 heterocycles. The predicted molar refractivity (Wildman–Crippen MR) is 152 cm³/mol. The van der Waals surface area contributed by atoms with E-state index in [9.17, 15) is 9.59 Å². The van der Waals surface area contributed by atoms with Gasteiger partial charge in [0, 0.05) is 23.3 Å². The molecule has 0 aliphatic heterocycles. The number of carbonyl (C=O) groups is 2. The van der Waals surface area contributed by atoms with Crippen molar-refractivity contribution in [3.8, 4) is 0 Å². The van der Waals surface area contributed by atoms with Gasteiger partial charge in [0.2, 0.25) is 0 Å². The molecule has 3 heteroatoms. The quantitative estimate of drug-likeness (QED) is 0.155. The summed E-state index contributed by atoms with van der Waals surface area (Å²) >= 11 is 0. The van der Waals surface area contributed by atoms with E-state index in [0.29, 0.717) is 5.56 Å². The SMILES string of the molecule is COC(=O)c1ccc([C@@H]2[C@@H]3C=C[C@H]4C(C3=C(c3ccccc3)c3ccccc3)[C@]24C(=O)c2ccccc2)cc1. The molecule has 3 nitrogen and oxygen atoms in total. The van der Waals surface area contributed by atoms with E-state index < -0.39 is 5.41 Å². The highest BCUT2D eigenvalue weighted by atomic mass is 16.5. The van der Waals surface area contributed by atoms with E-state index in [2.05, 4.69) is 60.7 Å². The van der Waals surface area contributed by atoms with Crippen LogP contribution in [0.25, 0.3) is 5.57 Å². The number of hydrogen-bond donors (Lipinski definition) is 0. The van der Waals surface area contributed by atoms with Gasteiger partial charge in [-0.1, -0.05) is 115 Å². The molecular formula is C36H28O3. The molecule has 0 aromatic heterocycles. The van der Waals surface area contributed by atoms with Gasteiger partial charge in [0.15, 0.2) is 5.78 Å². The third-order valence-corrected chi connectivity index (χ3v) is 8.94. The van der Waals surface area contributed by atoms with Crippen LogP contribution in [0.15, 0.2) is 133 Å². The normalized spacial score (nSPS) is 25.7. The van der Waals surface area contributed by atoms with Gasteiger partial charge >= 0.3 is 5.97 Å². The first-order valence-electron chi connectivity index (χ1n) is 13.5. The minimum Gasteiger partial charge on any atom is -0.465 e. The third kappa shape index (κ3) is 3.43. The lowest BCUT2D eigenvalue weighted by molar-refractivity contribution is 0.0600. The highest BCUT2D eigenvalue weighted by Gasteiger charge is 2.80. The Morgan fingerprint density at radius 3 is 1.69 bits per heavy atom. The monoisotopic (exact) mass is 508 g/mol.